The SMILES string of the molecule is CC(=O)CC1CCCCN1Cc1cnoc1. The van der Waals surface area contributed by atoms with Gasteiger partial charge in [0, 0.05) is 24.6 Å². The first-order chi connectivity index (χ1) is 7.75. The molecule has 0 N–H and O–H groups in total. The van der Waals surface area contributed by atoms with Gasteiger partial charge >= 0.3 is 0 Å². The maximum absolute atomic E-state index is 11.2. The molecule has 1 saturated heterocycles. The molecule has 0 bridgehead atoms. The largest absolute Gasteiger partial charge is 0.364 e. The molecule has 0 spiro atoms. The minimum absolute atomic E-state index is 0.280. The Labute approximate surface area is 95.6 Å². The van der Waals surface area contributed by atoms with Crippen molar-refractivity contribution in [1.29, 1.82) is 0 Å². The minimum Gasteiger partial charge on any atom is -0.364 e. The zero-order valence-electron chi connectivity index (χ0n) is 9.69. The Morgan fingerprint density at radius 1 is 1.62 bits per heavy atom. The molecule has 0 aliphatic carbocycles. The average molecular weight is 222 g/mol. The van der Waals surface area contributed by atoms with E-state index < -0.39 is 0 Å². The third-order valence-electron chi connectivity index (χ3n) is 3.14. The molecule has 4 heteroatoms. The first kappa shape index (κ1) is 11.3. The molecule has 2 rings (SSSR count). The molecule has 1 aromatic heterocycles. The lowest BCUT2D eigenvalue weighted by atomic mass is 9.97. The number of rotatable bonds is 4. The highest BCUT2D eigenvalue weighted by atomic mass is 16.5. The fourth-order valence-corrected chi connectivity index (χ4v) is 2.37. The van der Waals surface area contributed by atoms with Gasteiger partial charge in [0.1, 0.15) is 12.0 Å². The van der Waals surface area contributed by atoms with Crippen molar-refractivity contribution in [2.24, 2.45) is 0 Å². The summed E-state index contributed by atoms with van der Waals surface area (Å²) in [5.41, 5.74) is 1.09. The molecule has 0 amide bonds. The predicted molar refractivity (Wildman–Crippen MR) is 59.9 cm³/mol. The fourth-order valence-electron chi connectivity index (χ4n) is 2.37. The summed E-state index contributed by atoms with van der Waals surface area (Å²) in [6.07, 6.45) is 7.69. The van der Waals surface area contributed by atoms with Crippen molar-refractivity contribution in [1.82, 2.24) is 10.1 Å². The third kappa shape index (κ3) is 2.92. The topological polar surface area (TPSA) is 46.3 Å². The predicted octanol–water partition coefficient (Wildman–Crippen LogP) is 2.01. The highest BCUT2D eigenvalue weighted by Crippen LogP contribution is 2.21. The number of ketones is 1. The van der Waals surface area contributed by atoms with Gasteiger partial charge in [-0.05, 0) is 26.3 Å². The van der Waals surface area contributed by atoms with Gasteiger partial charge < -0.3 is 4.52 Å². The summed E-state index contributed by atoms with van der Waals surface area (Å²) >= 11 is 0. The molecule has 16 heavy (non-hydrogen) atoms. The average Bonchev–Trinajstić information content (AvgIpc) is 2.73. The van der Waals surface area contributed by atoms with Crippen LogP contribution in [-0.4, -0.2) is 28.4 Å². The van der Waals surface area contributed by atoms with E-state index in [0.717, 1.165) is 25.1 Å². The van der Waals surface area contributed by atoms with Crippen molar-refractivity contribution >= 4 is 5.78 Å². The van der Waals surface area contributed by atoms with Crippen LogP contribution < -0.4 is 0 Å². The number of hydrogen-bond acceptors (Lipinski definition) is 4. The van der Waals surface area contributed by atoms with Gasteiger partial charge in [-0.2, -0.15) is 0 Å². The van der Waals surface area contributed by atoms with Crippen molar-refractivity contribution in [2.75, 3.05) is 6.54 Å². The lowest BCUT2D eigenvalue weighted by Gasteiger charge is -2.34. The van der Waals surface area contributed by atoms with E-state index in [2.05, 4.69) is 10.1 Å². The van der Waals surface area contributed by atoms with Gasteiger partial charge in [-0.25, -0.2) is 0 Å². The van der Waals surface area contributed by atoms with E-state index in [1.165, 1.54) is 12.8 Å². The maximum atomic E-state index is 11.2. The molecule has 88 valence electrons. The summed E-state index contributed by atoms with van der Waals surface area (Å²) < 4.78 is 4.83. The number of piperidine rings is 1. The zero-order chi connectivity index (χ0) is 11.4. The van der Waals surface area contributed by atoms with Crippen LogP contribution in [0.15, 0.2) is 17.0 Å². The Morgan fingerprint density at radius 3 is 3.19 bits per heavy atom. The minimum atomic E-state index is 0.280. The summed E-state index contributed by atoms with van der Waals surface area (Å²) in [5.74, 6) is 0.280. The highest BCUT2D eigenvalue weighted by molar-refractivity contribution is 5.76. The summed E-state index contributed by atoms with van der Waals surface area (Å²) in [7, 11) is 0. The van der Waals surface area contributed by atoms with Gasteiger partial charge in [-0.15, -0.1) is 0 Å². The monoisotopic (exact) mass is 222 g/mol. The molecule has 1 aliphatic rings. The second kappa shape index (κ2) is 5.25. The smallest absolute Gasteiger partial charge is 0.131 e. The van der Waals surface area contributed by atoms with Crippen LogP contribution in [-0.2, 0) is 11.3 Å². The summed E-state index contributed by atoms with van der Waals surface area (Å²) in [6, 6.07) is 0.404. The number of nitrogens with zero attached hydrogens (tertiary/aromatic N) is 2. The van der Waals surface area contributed by atoms with Gasteiger partial charge in [0.15, 0.2) is 0 Å². The quantitative estimate of drug-likeness (QED) is 0.781. The van der Waals surface area contributed by atoms with Crippen LogP contribution in [0.1, 0.15) is 38.2 Å². The van der Waals surface area contributed by atoms with Crippen molar-refractivity contribution in [2.45, 2.75) is 45.2 Å². The number of likely N-dealkylation sites (tertiary alicyclic amines) is 1. The van der Waals surface area contributed by atoms with Gasteiger partial charge in [0.05, 0.1) is 6.20 Å². The number of carbonyl (C=O) groups is 1. The van der Waals surface area contributed by atoms with Gasteiger partial charge in [0.2, 0.25) is 0 Å². The van der Waals surface area contributed by atoms with Gasteiger partial charge in [0.25, 0.3) is 0 Å². The first-order valence-electron chi connectivity index (χ1n) is 5.87. The van der Waals surface area contributed by atoms with Crippen LogP contribution in [0.25, 0.3) is 0 Å². The Kier molecular flexibility index (Phi) is 3.72. The molecule has 0 aromatic carbocycles. The maximum Gasteiger partial charge on any atom is 0.131 e. The number of aromatic nitrogens is 1. The van der Waals surface area contributed by atoms with Crippen molar-refractivity contribution in [3.05, 3.63) is 18.0 Å². The molecular formula is C12H18N2O2. The van der Waals surface area contributed by atoms with E-state index in [1.54, 1.807) is 19.4 Å². The number of hydrogen-bond donors (Lipinski definition) is 0. The molecule has 1 fully saturated rings. The molecule has 1 aromatic rings. The molecule has 0 radical (unpaired) electrons. The van der Waals surface area contributed by atoms with Crippen LogP contribution >= 0.6 is 0 Å². The van der Waals surface area contributed by atoms with Crippen molar-refractivity contribution in [3.63, 3.8) is 0 Å². The molecule has 2 heterocycles. The summed E-state index contributed by atoms with van der Waals surface area (Å²) in [5, 5.41) is 3.71. The van der Waals surface area contributed by atoms with Crippen LogP contribution in [0, 0.1) is 0 Å². The van der Waals surface area contributed by atoms with Crippen LogP contribution in [0.5, 0.6) is 0 Å². The second-order valence-corrected chi connectivity index (χ2v) is 4.56. The van der Waals surface area contributed by atoms with Crippen molar-refractivity contribution in [3.8, 4) is 0 Å². The molecule has 0 saturated carbocycles. The highest BCUT2D eigenvalue weighted by Gasteiger charge is 2.23. The lowest BCUT2D eigenvalue weighted by Crippen LogP contribution is -2.39. The molecule has 1 atom stereocenters. The van der Waals surface area contributed by atoms with E-state index in [4.69, 9.17) is 4.52 Å². The third-order valence-corrected chi connectivity index (χ3v) is 3.14. The van der Waals surface area contributed by atoms with E-state index in [1.807, 2.05) is 0 Å². The second-order valence-electron chi connectivity index (χ2n) is 4.56. The Balaban J connectivity index is 1.96. The van der Waals surface area contributed by atoms with Crippen LogP contribution in [0.3, 0.4) is 0 Å². The fraction of sp³-hybridized carbons (Fsp3) is 0.667. The summed E-state index contributed by atoms with van der Waals surface area (Å²) in [6.45, 7) is 3.59. The van der Waals surface area contributed by atoms with Gasteiger partial charge in [-0.3, -0.25) is 9.69 Å². The molecular weight excluding hydrogens is 204 g/mol. The van der Waals surface area contributed by atoms with E-state index in [9.17, 15) is 4.79 Å². The molecule has 4 nitrogen and oxygen atoms in total. The first-order valence-corrected chi connectivity index (χ1v) is 5.87. The Bertz CT molecular complexity index is 335. The number of carbonyl (C=O) groups excluding carboxylic acids is 1. The molecule has 1 unspecified atom stereocenters. The van der Waals surface area contributed by atoms with Crippen LogP contribution in [0.2, 0.25) is 0 Å². The molecule has 1 aliphatic heterocycles. The van der Waals surface area contributed by atoms with Crippen molar-refractivity contribution < 1.29 is 9.32 Å². The van der Waals surface area contributed by atoms with Crippen LogP contribution in [0.4, 0.5) is 0 Å². The van der Waals surface area contributed by atoms with E-state index >= 15 is 0 Å². The Morgan fingerprint density at radius 2 is 2.50 bits per heavy atom. The standard InChI is InChI=1S/C12H18N2O2/c1-10(15)6-12-4-2-3-5-14(12)8-11-7-13-16-9-11/h7,9,12H,2-6,8H2,1H3. The Hall–Kier alpha value is -1.16. The zero-order valence-corrected chi connectivity index (χ0v) is 9.69. The number of Topliss-reactive ketones (excluding diaryl/α,β-unsaturated/α-hetero) is 1. The lowest BCUT2D eigenvalue weighted by molar-refractivity contribution is -0.118. The van der Waals surface area contributed by atoms with Gasteiger partial charge in [-0.1, -0.05) is 11.6 Å². The summed E-state index contributed by atoms with van der Waals surface area (Å²) in [4.78, 5) is 13.6. The van der Waals surface area contributed by atoms with E-state index in [0.29, 0.717) is 12.5 Å². The normalized spacial score (nSPS) is 22.2. The van der Waals surface area contributed by atoms with E-state index in [-0.39, 0.29) is 5.78 Å².